The van der Waals surface area contributed by atoms with E-state index in [9.17, 15) is 9.59 Å². The molecule has 0 aromatic rings. The SMILES string of the molecule is CC(C)(C)OC(=O)N1CCCC(CC(=O)N2CCCCC2)C1. The van der Waals surface area contributed by atoms with Crippen molar-refractivity contribution in [1.29, 1.82) is 0 Å². The van der Waals surface area contributed by atoms with E-state index in [0.29, 0.717) is 13.0 Å². The number of amides is 2. The largest absolute Gasteiger partial charge is 0.444 e. The molecule has 0 radical (unpaired) electrons. The first-order chi connectivity index (χ1) is 10.3. The number of rotatable bonds is 2. The van der Waals surface area contributed by atoms with Gasteiger partial charge in [0.25, 0.3) is 0 Å². The zero-order chi connectivity index (χ0) is 16.2. The molecule has 0 aliphatic carbocycles. The van der Waals surface area contributed by atoms with E-state index in [-0.39, 0.29) is 17.9 Å². The minimum absolute atomic E-state index is 0.248. The number of hydrogen-bond donors (Lipinski definition) is 0. The van der Waals surface area contributed by atoms with Crippen molar-refractivity contribution in [2.75, 3.05) is 26.2 Å². The van der Waals surface area contributed by atoms with Crippen LogP contribution >= 0.6 is 0 Å². The van der Waals surface area contributed by atoms with E-state index in [1.54, 1.807) is 4.90 Å². The highest BCUT2D eigenvalue weighted by Gasteiger charge is 2.29. The normalized spacial score (nSPS) is 23.3. The standard InChI is InChI=1S/C17H30N2O3/c1-17(2,3)22-16(21)19-11-7-8-14(13-19)12-15(20)18-9-5-4-6-10-18/h14H,4-13H2,1-3H3. The third-order valence-electron chi connectivity index (χ3n) is 4.34. The average molecular weight is 310 g/mol. The maximum atomic E-state index is 12.4. The molecule has 5 nitrogen and oxygen atoms in total. The Balaban J connectivity index is 1.82. The van der Waals surface area contributed by atoms with Crippen LogP contribution in [0.2, 0.25) is 0 Å². The lowest BCUT2D eigenvalue weighted by molar-refractivity contribution is -0.133. The minimum Gasteiger partial charge on any atom is -0.444 e. The Morgan fingerprint density at radius 3 is 2.27 bits per heavy atom. The molecule has 2 aliphatic heterocycles. The van der Waals surface area contributed by atoms with Gasteiger partial charge in [0.1, 0.15) is 5.60 Å². The summed E-state index contributed by atoms with van der Waals surface area (Å²) >= 11 is 0. The van der Waals surface area contributed by atoms with Crippen molar-refractivity contribution in [3.8, 4) is 0 Å². The lowest BCUT2D eigenvalue weighted by atomic mass is 9.94. The van der Waals surface area contributed by atoms with Crippen LogP contribution in [-0.4, -0.2) is 53.6 Å². The van der Waals surface area contributed by atoms with Crippen LogP contribution in [0, 0.1) is 5.92 Å². The number of carbonyl (C=O) groups is 2. The van der Waals surface area contributed by atoms with Gasteiger partial charge in [-0.2, -0.15) is 0 Å². The lowest BCUT2D eigenvalue weighted by Crippen LogP contribution is -2.44. The van der Waals surface area contributed by atoms with Crippen LogP contribution in [0.1, 0.15) is 59.3 Å². The van der Waals surface area contributed by atoms with Crippen LogP contribution in [0.3, 0.4) is 0 Å². The highest BCUT2D eigenvalue weighted by Crippen LogP contribution is 2.23. The molecule has 0 bridgehead atoms. The van der Waals surface area contributed by atoms with Crippen LogP contribution < -0.4 is 0 Å². The molecule has 1 unspecified atom stereocenters. The van der Waals surface area contributed by atoms with E-state index >= 15 is 0 Å². The summed E-state index contributed by atoms with van der Waals surface area (Å²) in [6.07, 6.45) is 5.79. The van der Waals surface area contributed by atoms with Crippen molar-refractivity contribution in [2.45, 2.75) is 64.9 Å². The topological polar surface area (TPSA) is 49.9 Å². The van der Waals surface area contributed by atoms with Gasteiger partial charge in [0.15, 0.2) is 0 Å². The van der Waals surface area contributed by atoms with Gasteiger partial charge >= 0.3 is 6.09 Å². The Morgan fingerprint density at radius 2 is 1.64 bits per heavy atom. The number of ether oxygens (including phenoxy) is 1. The maximum absolute atomic E-state index is 12.4. The van der Waals surface area contributed by atoms with E-state index in [1.165, 1.54) is 6.42 Å². The smallest absolute Gasteiger partial charge is 0.410 e. The predicted octanol–water partition coefficient (Wildman–Crippen LogP) is 3.04. The number of nitrogens with zero attached hydrogens (tertiary/aromatic N) is 2. The zero-order valence-electron chi connectivity index (χ0n) is 14.3. The predicted molar refractivity (Wildman–Crippen MR) is 85.6 cm³/mol. The van der Waals surface area contributed by atoms with E-state index in [1.807, 2.05) is 25.7 Å². The first-order valence-corrected chi connectivity index (χ1v) is 8.61. The lowest BCUT2D eigenvalue weighted by Gasteiger charge is -2.35. The van der Waals surface area contributed by atoms with Crippen molar-refractivity contribution in [1.82, 2.24) is 9.80 Å². The van der Waals surface area contributed by atoms with Gasteiger partial charge in [0.2, 0.25) is 5.91 Å². The van der Waals surface area contributed by atoms with Crippen molar-refractivity contribution in [3.05, 3.63) is 0 Å². The Hall–Kier alpha value is -1.26. The van der Waals surface area contributed by atoms with Crippen LogP contribution in [0.4, 0.5) is 4.79 Å². The molecule has 22 heavy (non-hydrogen) atoms. The van der Waals surface area contributed by atoms with Gasteiger partial charge < -0.3 is 14.5 Å². The van der Waals surface area contributed by atoms with Crippen LogP contribution in [-0.2, 0) is 9.53 Å². The van der Waals surface area contributed by atoms with Crippen molar-refractivity contribution in [3.63, 3.8) is 0 Å². The summed E-state index contributed by atoms with van der Waals surface area (Å²) in [5.74, 6) is 0.534. The third-order valence-corrected chi connectivity index (χ3v) is 4.34. The highest BCUT2D eigenvalue weighted by molar-refractivity contribution is 5.76. The maximum Gasteiger partial charge on any atom is 0.410 e. The molecule has 126 valence electrons. The molecule has 0 aromatic heterocycles. The first kappa shape index (κ1) is 17.1. The second kappa shape index (κ2) is 7.34. The fourth-order valence-electron chi connectivity index (χ4n) is 3.24. The van der Waals surface area contributed by atoms with E-state index in [4.69, 9.17) is 4.74 Å². The highest BCUT2D eigenvalue weighted by atomic mass is 16.6. The molecule has 5 heteroatoms. The van der Waals surface area contributed by atoms with Gasteiger partial charge in [-0.1, -0.05) is 0 Å². The number of carbonyl (C=O) groups excluding carboxylic acids is 2. The first-order valence-electron chi connectivity index (χ1n) is 8.61. The summed E-state index contributed by atoms with van der Waals surface area (Å²) in [5, 5.41) is 0. The number of piperidine rings is 2. The van der Waals surface area contributed by atoms with Crippen molar-refractivity contribution < 1.29 is 14.3 Å². The Morgan fingerprint density at radius 1 is 1.00 bits per heavy atom. The van der Waals surface area contributed by atoms with Gasteiger partial charge in [0, 0.05) is 32.6 Å². The van der Waals surface area contributed by atoms with Crippen LogP contribution in [0.25, 0.3) is 0 Å². The van der Waals surface area contributed by atoms with E-state index in [2.05, 4.69) is 0 Å². The minimum atomic E-state index is -0.465. The van der Waals surface area contributed by atoms with Crippen molar-refractivity contribution >= 4 is 12.0 Å². The summed E-state index contributed by atoms with van der Waals surface area (Å²) < 4.78 is 5.44. The van der Waals surface area contributed by atoms with Gasteiger partial charge in [0.05, 0.1) is 0 Å². The second-order valence-corrected chi connectivity index (χ2v) is 7.58. The number of likely N-dealkylation sites (tertiary alicyclic amines) is 2. The summed E-state index contributed by atoms with van der Waals surface area (Å²) in [6.45, 7) is 8.84. The zero-order valence-corrected chi connectivity index (χ0v) is 14.3. The second-order valence-electron chi connectivity index (χ2n) is 7.58. The molecular weight excluding hydrogens is 280 g/mol. The quantitative estimate of drug-likeness (QED) is 0.787. The Kier molecular flexibility index (Phi) is 5.70. The molecule has 2 fully saturated rings. The van der Waals surface area contributed by atoms with Gasteiger partial charge in [-0.3, -0.25) is 4.79 Å². The fourth-order valence-corrected chi connectivity index (χ4v) is 3.24. The molecular formula is C17H30N2O3. The van der Waals surface area contributed by atoms with Crippen molar-refractivity contribution in [2.24, 2.45) is 5.92 Å². The van der Waals surface area contributed by atoms with Gasteiger partial charge in [-0.25, -0.2) is 4.79 Å². The van der Waals surface area contributed by atoms with E-state index < -0.39 is 5.60 Å². The van der Waals surface area contributed by atoms with Crippen LogP contribution in [0.15, 0.2) is 0 Å². The average Bonchev–Trinajstić information content (AvgIpc) is 2.46. The van der Waals surface area contributed by atoms with Crippen LogP contribution in [0.5, 0.6) is 0 Å². The fraction of sp³-hybridized carbons (Fsp3) is 0.882. The summed E-state index contributed by atoms with van der Waals surface area (Å²) in [4.78, 5) is 28.3. The molecule has 2 saturated heterocycles. The molecule has 0 aromatic carbocycles. The van der Waals surface area contributed by atoms with Gasteiger partial charge in [-0.05, 0) is 58.8 Å². The summed E-state index contributed by atoms with van der Waals surface area (Å²) in [7, 11) is 0. The molecule has 0 spiro atoms. The Bertz CT molecular complexity index is 397. The molecule has 1 atom stereocenters. The monoisotopic (exact) mass is 310 g/mol. The summed E-state index contributed by atoms with van der Waals surface area (Å²) in [6, 6.07) is 0. The van der Waals surface area contributed by atoms with Gasteiger partial charge in [-0.15, -0.1) is 0 Å². The number of hydrogen-bond acceptors (Lipinski definition) is 3. The van der Waals surface area contributed by atoms with E-state index in [0.717, 1.165) is 45.3 Å². The molecule has 0 N–H and O–H groups in total. The molecule has 2 heterocycles. The molecule has 2 aliphatic rings. The molecule has 2 amide bonds. The Labute approximate surface area is 134 Å². The molecule has 2 rings (SSSR count). The molecule has 0 saturated carbocycles. The third kappa shape index (κ3) is 5.18. The summed E-state index contributed by atoms with van der Waals surface area (Å²) in [5.41, 5.74) is -0.465.